The third-order valence-electron chi connectivity index (χ3n) is 7.26. The Morgan fingerprint density at radius 1 is 0.395 bits per heavy atom. The molecule has 0 saturated heterocycles. The highest BCUT2D eigenvalue weighted by molar-refractivity contribution is 6.23. The van der Waals surface area contributed by atoms with Gasteiger partial charge in [-0.3, -0.25) is 0 Å². The van der Waals surface area contributed by atoms with Crippen molar-refractivity contribution in [3.63, 3.8) is 0 Å². The van der Waals surface area contributed by atoms with E-state index in [2.05, 4.69) is 0 Å². The maximum atomic E-state index is 9.53. The molecule has 0 unspecified atom stereocenters. The maximum Gasteiger partial charge on any atom is 0.143 e. The molecule has 1 heterocycles. The summed E-state index contributed by atoms with van der Waals surface area (Å²) in [4.78, 5) is 0. The van der Waals surface area contributed by atoms with E-state index in [0.29, 0.717) is 5.39 Å². The van der Waals surface area contributed by atoms with Crippen LogP contribution >= 0.6 is 0 Å². The van der Waals surface area contributed by atoms with Gasteiger partial charge in [-0.25, -0.2) is 0 Å². The van der Waals surface area contributed by atoms with Crippen molar-refractivity contribution in [1.82, 2.24) is 0 Å². The molecule has 1 aromatic heterocycles. The van der Waals surface area contributed by atoms with Gasteiger partial charge < -0.3 is 4.42 Å². The first-order valence-corrected chi connectivity index (χ1v) is 13.0. The molecule has 200 valence electrons. The van der Waals surface area contributed by atoms with Gasteiger partial charge in [-0.05, 0) is 66.2 Å². The van der Waals surface area contributed by atoms with E-state index in [0.717, 1.165) is 0 Å². The molecule has 0 spiro atoms. The Morgan fingerprint density at radius 3 is 1.67 bits per heavy atom. The number of para-hydroxylation sites is 2. The van der Waals surface area contributed by atoms with Gasteiger partial charge in [0.05, 0.1) is 30.2 Å². The molecule has 0 radical (unpaired) electrons. The van der Waals surface area contributed by atoms with Gasteiger partial charge in [0.15, 0.2) is 0 Å². The third-order valence-corrected chi connectivity index (χ3v) is 7.26. The molecule has 1 heteroatoms. The molecule has 0 N–H and O–H groups in total. The minimum atomic E-state index is -0.936. The fourth-order valence-electron chi connectivity index (χ4n) is 5.42. The molecule has 43 heavy (non-hydrogen) atoms. The minimum absolute atomic E-state index is 0.0533. The van der Waals surface area contributed by atoms with Crippen LogP contribution in [-0.4, -0.2) is 0 Å². The summed E-state index contributed by atoms with van der Waals surface area (Å²) in [7, 11) is 0. The van der Waals surface area contributed by atoms with Gasteiger partial charge in [-0.15, -0.1) is 0 Å². The van der Waals surface area contributed by atoms with E-state index in [1.807, 2.05) is 0 Å². The largest absolute Gasteiger partial charge is 0.455 e. The van der Waals surface area contributed by atoms with Crippen LogP contribution in [0.2, 0.25) is 0 Å². The molecular weight excluding hydrogens is 520 g/mol. The Labute approximate surface area is 280 Å². The fraction of sp³-hybridized carbons (Fsp3) is 0. The summed E-state index contributed by atoms with van der Waals surface area (Å²) in [6.07, 6.45) is 0. The van der Waals surface area contributed by atoms with Crippen LogP contribution < -0.4 is 0 Å². The highest BCUT2D eigenvalue weighted by Crippen LogP contribution is 2.45. The summed E-state index contributed by atoms with van der Waals surface area (Å²) in [5, 5.41) is -3.34. The smallest absolute Gasteiger partial charge is 0.143 e. The lowest BCUT2D eigenvalue weighted by molar-refractivity contribution is 0.670. The average molecular weight is 569 g/mol. The predicted octanol–water partition coefficient (Wildman–Crippen LogP) is 12.0. The Hall–Kier alpha value is -5.66. The lowest BCUT2D eigenvalue weighted by atomic mass is 9.84. The van der Waals surface area contributed by atoms with Crippen molar-refractivity contribution in [3.05, 3.63) is 157 Å². The first kappa shape index (κ1) is 10.9. The molecule has 1 nitrogen and oxygen atoms in total. The molecule has 0 amide bonds. The molecule has 0 saturated carbocycles. The maximum absolute atomic E-state index is 9.53. The van der Waals surface area contributed by atoms with Crippen LogP contribution in [0.25, 0.3) is 87.6 Å². The topological polar surface area (TPSA) is 13.1 Å². The van der Waals surface area contributed by atoms with E-state index in [-0.39, 0.29) is 22.1 Å². The number of fused-ring (bicyclic) bond motifs is 6. The lowest BCUT2D eigenvalue weighted by Crippen LogP contribution is -1.91. The van der Waals surface area contributed by atoms with Gasteiger partial charge >= 0.3 is 0 Å². The zero-order chi connectivity index (χ0) is 47.5. The van der Waals surface area contributed by atoms with Gasteiger partial charge in [-0.1, -0.05) is 151 Å². The molecule has 0 bridgehead atoms. The lowest BCUT2D eigenvalue weighted by Gasteiger charge is -2.19. The molecule has 0 atom stereocenters. The van der Waals surface area contributed by atoms with Crippen LogP contribution in [0.4, 0.5) is 0 Å². The molecule has 9 aromatic rings. The quantitative estimate of drug-likeness (QED) is 0.193. The number of rotatable bonds is 3. The average Bonchev–Trinajstić information content (AvgIpc) is 3.67. The second-order valence-electron chi connectivity index (χ2n) is 9.55. The first-order chi connectivity index (χ1) is 30.5. The highest BCUT2D eigenvalue weighted by Gasteiger charge is 2.18. The van der Waals surface area contributed by atoms with Crippen LogP contribution in [0, 0.1) is 0 Å². The van der Waals surface area contributed by atoms with Crippen LogP contribution in [-0.2, 0) is 0 Å². The minimum Gasteiger partial charge on any atom is -0.455 e. The second kappa shape index (κ2) is 9.44. The summed E-state index contributed by atoms with van der Waals surface area (Å²) >= 11 is 0. The van der Waals surface area contributed by atoms with Crippen LogP contribution in [0.1, 0.15) is 30.2 Å². The van der Waals surface area contributed by atoms with Gasteiger partial charge in [-0.2, -0.15) is 0 Å². The standard InChI is InChI=1S/C42H26O/c1-2-13-30-27(11-1)12-9-20-33(30)41-36-17-5-3-15-34(36)40(35-16-4-6-18-37(35)41)29-25-23-28(24-26-29)31-19-10-21-38-32-14-7-8-22-39(32)43-42(31)38/h1-26H/i1D,2D,3D,4D,5D,6D,9D,10D,11D,12D,13D,15D,16D,17D,18D,19D,20D,21D,23D,24D,25D,26D. The summed E-state index contributed by atoms with van der Waals surface area (Å²) in [5.74, 6) is 0. The second-order valence-corrected chi connectivity index (χ2v) is 9.55. The zero-order valence-corrected chi connectivity index (χ0v) is 21.7. The van der Waals surface area contributed by atoms with Gasteiger partial charge in [0.25, 0.3) is 0 Å². The molecular formula is C42H26O. The van der Waals surface area contributed by atoms with E-state index in [9.17, 15) is 12.3 Å². The summed E-state index contributed by atoms with van der Waals surface area (Å²) < 4.78 is 204. The van der Waals surface area contributed by atoms with Crippen molar-refractivity contribution in [3.8, 4) is 33.4 Å². The Balaban J connectivity index is 1.57. The first-order valence-electron chi connectivity index (χ1n) is 24.0. The van der Waals surface area contributed by atoms with Gasteiger partial charge in [0.1, 0.15) is 11.2 Å². The molecule has 0 aliphatic carbocycles. The summed E-state index contributed by atoms with van der Waals surface area (Å²) in [6, 6.07) is -12.2. The van der Waals surface area contributed by atoms with E-state index in [1.165, 1.54) is 0 Å². The van der Waals surface area contributed by atoms with Crippen molar-refractivity contribution in [2.45, 2.75) is 0 Å². The normalized spacial score (nSPS) is 18.9. The highest BCUT2D eigenvalue weighted by atomic mass is 16.3. The van der Waals surface area contributed by atoms with E-state index in [4.69, 9.17) is 22.2 Å². The molecule has 8 aromatic carbocycles. The molecule has 9 rings (SSSR count). The van der Waals surface area contributed by atoms with Crippen molar-refractivity contribution in [2.24, 2.45) is 0 Å². The predicted molar refractivity (Wildman–Crippen MR) is 183 cm³/mol. The van der Waals surface area contributed by atoms with Crippen molar-refractivity contribution in [2.75, 3.05) is 0 Å². The molecule has 0 aliphatic heterocycles. The van der Waals surface area contributed by atoms with Crippen molar-refractivity contribution < 1.29 is 34.6 Å². The van der Waals surface area contributed by atoms with Gasteiger partial charge in [0.2, 0.25) is 0 Å². The number of hydrogen-bond acceptors (Lipinski definition) is 1. The Bertz CT molecular complexity index is 3620. The Morgan fingerprint density at radius 2 is 0.930 bits per heavy atom. The van der Waals surface area contributed by atoms with Crippen LogP contribution in [0.3, 0.4) is 0 Å². The molecule has 0 fully saturated rings. The van der Waals surface area contributed by atoms with Crippen molar-refractivity contribution in [1.29, 1.82) is 0 Å². The zero-order valence-electron chi connectivity index (χ0n) is 43.7. The van der Waals surface area contributed by atoms with Crippen molar-refractivity contribution >= 4 is 54.3 Å². The Kier molecular flexibility index (Phi) is 2.39. The van der Waals surface area contributed by atoms with E-state index < -0.39 is 193 Å². The third kappa shape index (κ3) is 3.65. The summed E-state index contributed by atoms with van der Waals surface area (Å²) in [6.45, 7) is 0. The SMILES string of the molecule is [2H]c1c([2H])c(-c2c3c([2H])c([2H])c([2H])c([2H])c3c(-c3c([2H])c([2H])c([2H])c4c([2H])c([2H])c([2H])c([2H])c34)c3c([2H])c([2H])c([2H])c([2H])c23)c([2H])c([2H])c1-c1c([2H])c([2H])c([2H])c2c1oc1ccccc12. The van der Waals surface area contributed by atoms with E-state index >= 15 is 0 Å². The fourth-order valence-corrected chi connectivity index (χ4v) is 5.42. The van der Waals surface area contributed by atoms with Gasteiger partial charge in [0, 0.05) is 16.3 Å². The number of furan rings is 1. The molecule has 0 aliphatic rings. The number of benzene rings is 8. The van der Waals surface area contributed by atoms with E-state index in [1.54, 1.807) is 24.3 Å². The monoisotopic (exact) mass is 568 g/mol. The van der Waals surface area contributed by atoms with Crippen LogP contribution in [0.15, 0.2) is 162 Å². The summed E-state index contributed by atoms with van der Waals surface area (Å²) in [5.41, 5.74) is -3.57. The van der Waals surface area contributed by atoms with Crippen LogP contribution in [0.5, 0.6) is 0 Å². The number of hydrogen-bond donors (Lipinski definition) is 0.